The summed E-state index contributed by atoms with van der Waals surface area (Å²) in [6.07, 6.45) is 1.60. The minimum Gasteiger partial charge on any atom is -0.396 e. The van der Waals surface area contributed by atoms with E-state index < -0.39 is 6.04 Å². The molecule has 3 N–H and O–H groups in total. The van der Waals surface area contributed by atoms with Crippen molar-refractivity contribution in [2.75, 3.05) is 13.2 Å². The lowest BCUT2D eigenvalue weighted by atomic mass is 9.83. The highest BCUT2D eigenvalue weighted by atomic mass is 16.3. The first-order chi connectivity index (χ1) is 7.90. The second-order valence-corrected chi connectivity index (χ2v) is 4.51. The van der Waals surface area contributed by atoms with Crippen LogP contribution in [0.3, 0.4) is 0 Å². The molecule has 0 saturated carbocycles. The van der Waals surface area contributed by atoms with Crippen LogP contribution in [0.15, 0.2) is 0 Å². The number of amides is 2. The van der Waals surface area contributed by atoms with Gasteiger partial charge in [-0.1, -0.05) is 13.8 Å². The number of hydrogen-bond acceptors (Lipinski definition) is 3. The van der Waals surface area contributed by atoms with E-state index >= 15 is 0 Å². The summed E-state index contributed by atoms with van der Waals surface area (Å²) < 4.78 is 0. The van der Waals surface area contributed by atoms with Crippen LogP contribution >= 0.6 is 0 Å². The average Bonchev–Trinajstić information content (AvgIpc) is 2.30. The van der Waals surface area contributed by atoms with Gasteiger partial charge in [-0.25, -0.2) is 0 Å². The molecule has 0 radical (unpaired) electrons. The first kappa shape index (κ1) is 15.9. The highest BCUT2D eigenvalue weighted by Crippen LogP contribution is 2.24. The van der Waals surface area contributed by atoms with Crippen molar-refractivity contribution in [2.24, 2.45) is 5.41 Å². The zero-order valence-electron chi connectivity index (χ0n) is 11.2. The summed E-state index contributed by atoms with van der Waals surface area (Å²) in [5, 5.41) is 14.6. The van der Waals surface area contributed by atoms with Gasteiger partial charge in [0.2, 0.25) is 11.8 Å². The van der Waals surface area contributed by atoms with Gasteiger partial charge in [-0.15, -0.1) is 0 Å². The van der Waals surface area contributed by atoms with Gasteiger partial charge in [-0.2, -0.15) is 0 Å². The Morgan fingerprint density at radius 1 is 1.29 bits per heavy atom. The highest BCUT2D eigenvalue weighted by molar-refractivity contribution is 5.86. The van der Waals surface area contributed by atoms with Gasteiger partial charge < -0.3 is 15.7 Å². The number of carbonyl (C=O) groups excluding carboxylic acids is 2. The maximum Gasteiger partial charge on any atom is 0.242 e. The van der Waals surface area contributed by atoms with Crippen molar-refractivity contribution in [2.45, 2.75) is 46.6 Å². The molecule has 1 unspecified atom stereocenters. The predicted octanol–water partition coefficient (Wildman–Crippen LogP) is 0.426. The molecule has 0 aromatic carbocycles. The van der Waals surface area contributed by atoms with E-state index in [9.17, 15) is 14.7 Å². The molecule has 5 heteroatoms. The van der Waals surface area contributed by atoms with E-state index in [0.717, 1.165) is 12.8 Å². The zero-order chi connectivity index (χ0) is 13.5. The number of aliphatic hydroxyl groups excluding tert-OH is 1. The molecule has 5 nitrogen and oxygen atoms in total. The van der Waals surface area contributed by atoms with Gasteiger partial charge in [0.15, 0.2) is 0 Å². The normalized spacial score (nSPS) is 13.0. The quantitative estimate of drug-likeness (QED) is 0.607. The fraction of sp³-hybridized carbons (Fsp3) is 0.833. The van der Waals surface area contributed by atoms with E-state index in [-0.39, 0.29) is 23.8 Å². The maximum atomic E-state index is 11.7. The summed E-state index contributed by atoms with van der Waals surface area (Å²) >= 11 is 0. The van der Waals surface area contributed by atoms with Crippen LogP contribution < -0.4 is 10.6 Å². The molecular formula is C12H24N2O3. The van der Waals surface area contributed by atoms with Gasteiger partial charge in [0, 0.05) is 18.9 Å². The van der Waals surface area contributed by atoms with Crippen LogP contribution in [-0.4, -0.2) is 36.1 Å². The van der Waals surface area contributed by atoms with Crippen LogP contribution in [0.1, 0.15) is 40.5 Å². The highest BCUT2D eigenvalue weighted by Gasteiger charge is 2.26. The second-order valence-electron chi connectivity index (χ2n) is 4.51. The molecule has 0 aromatic heterocycles. The molecule has 2 amide bonds. The van der Waals surface area contributed by atoms with Crippen molar-refractivity contribution >= 4 is 11.8 Å². The van der Waals surface area contributed by atoms with Gasteiger partial charge in [0.25, 0.3) is 0 Å². The summed E-state index contributed by atoms with van der Waals surface area (Å²) in [6.45, 7) is 7.47. The summed E-state index contributed by atoms with van der Waals surface area (Å²) in [6, 6.07) is -0.544. The number of aliphatic hydroxyl groups is 1. The standard InChI is InChI=1S/C12H24N2O3/c1-5-12(6-2,8-15)7-13-11(17)9(3)14-10(4)16/h9,15H,5-8H2,1-4H3,(H,13,17)(H,14,16). The van der Waals surface area contributed by atoms with Crippen molar-refractivity contribution in [3.63, 3.8) is 0 Å². The van der Waals surface area contributed by atoms with E-state index in [1.807, 2.05) is 13.8 Å². The average molecular weight is 244 g/mol. The predicted molar refractivity (Wildman–Crippen MR) is 66.4 cm³/mol. The second kappa shape index (κ2) is 7.27. The van der Waals surface area contributed by atoms with Gasteiger partial charge in [0.1, 0.15) is 6.04 Å². The molecule has 1 atom stereocenters. The molecule has 0 aliphatic heterocycles. The Hall–Kier alpha value is -1.10. The molecule has 0 saturated heterocycles. The monoisotopic (exact) mass is 244 g/mol. The SMILES string of the molecule is CCC(CC)(CO)CNC(=O)C(C)NC(C)=O. The summed E-state index contributed by atoms with van der Waals surface area (Å²) in [7, 11) is 0. The Kier molecular flexibility index (Phi) is 6.80. The van der Waals surface area contributed by atoms with Crippen LogP contribution in [0.2, 0.25) is 0 Å². The molecule has 0 bridgehead atoms. The van der Waals surface area contributed by atoms with Crippen LogP contribution in [-0.2, 0) is 9.59 Å². The molecule has 0 rings (SSSR count). The van der Waals surface area contributed by atoms with Crippen LogP contribution in [0.4, 0.5) is 0 Å². The van der Waals surface area contributed by atoms with Crippen molar-refractivity contribution in [1.29, 1.82) is 0 Å². The van der Waals surface area contributed by atoms with Gasteiger partial charge in [-0.05, 0) is 19.8 Å². The minimum atomic E-state index is -0.544. The summed E-state index contributed by atoms with van der Waals surface area (Å²) in [5.74, 6) is -0.452. The van der Waals surface area contributed by atoms with Gasteiger partial charge in [-0.3, -0.25) is 9.59 Å². The van der Waals surface area contributed by atoms with Crippen molar-refractivity contribution < 1.29 is 14.7 Å². The van der Waals surface area contributed by atoms with E-state index in [1.165, 1.54) is 6.92 Å². The lowest BCUT2D eigenvalue weighted by Crippen LogP contribution is -2.48. The van der Waals surface area contributed by atoms with E-state index in [4.69, 9.17) is 0 Å². The third-order valence-electron chi connectivity index (χ3n) is 3.29. The fourth-order valence-corrected chi connectivity index (χ4v) is 1.58. The summed E-state index contributed by atoms with van der Waals surface area (Å²) in [5.41, 5.74) is -0.258. The third kappa shape index (κ3) is 5.17. The molecule has 0 heterocycles. The molecule has 0 fully saturated rings. The van der Waals surface area contributed by atoms with Crippen molar-refractivity contribution in [3.05, 3.63) is 0 Å². The fourth-order valence-electron chi connectivity index (χ4n) is 1.58. The first-order valence-electron chi connectivity index (χ1n) is 6.06. The Morgan fingerprint density at radius 2 is 1.82 bits per heavy atom. The molecule has 0 aliphatic carbocycles. The molecule has 0 spiro atoms. The zero-order valence-corrected chi connectivity index (χ0v) is 11.2. The topological polar surface area (TPSA) is 78.4 Å². The van der Waals surface area contributed by atoms with Crippen LogP contribution in [0, 0.1) is 5.41 Å². The van der Waals surface area contributed by atoms with E-state index in [1.54, 1.807) is 6.92 Å². The Morgan fingerprint density at radius 3 is 2.18 bits per heavy atom. The maximum absolute atomic E-state index is 11.7. The lowest BCUT2D eigenvalue weighted by molar-refractivity contribution is -0.128. The van der Waals surface area contributed by atoms with Crippen molar-refractivity contribution in [1.82, 2.24) is 10.6 Å². The Bertz CT molecular complexity index is 254. The number of nitrogens with one attached hydrogen (secondary N) is 2. The van der Waals surface area contributed by atoms with E-state index in [2.05, 4.69) is 10.6 Å². The Balaban J connectivity index is 4.26. The molecule has 0 aromatic rings. The largest absolute Gasteiger partial charge is 0.396 e. The Labute approximate surface area is 103 Å². The molecule has 0 aliphatic rings. The third-order valence-corrected chi connectivity index (χ3v) is 3.29. The molecule has 17 heavy (non-hydrogen) atoms. The summed E-state index contributed by atoms with van der Waals surface area (Å²) in [4.78, 5) is 22.5. The first-order valence-corrected chi connectivity index (χ1v) is 6.06. The number of rotatable bonds is 7. The van der Waals surface area contributed by atoms with Crippen molar-refractivity contribution in [3.8, 4) is 0 Å². The van der Waals surface area contributed by atoms with Crippen LogP contribution in [0.5, 0.6) is 0 Å². The van der Waals surface area contributed by atoms with Crippen LogP contribution in [0.25, 0.3) is 0 Å². The van der Waals surface area contributed by atoms with E-state index in [0.29, 0.717) is 6.54 Å². The van der Waals surface area contributed by atoms with Gasteiger partial charge >= 0.3 is 0 Å². The molecule has 100 valence electrons. The van der Waals surface area contributed by atoms with Gasteiger partial charge in [0.05, 0.1) is 6.61 Å². The molecular weight excluding hydrogens is 220 g/mol. The number of carbonyl (C=O) groups is 2. The lowest BCUT2D eigenvalue weighted by Gasteiger charge is -2.30. The minimum absolute atomic E-state index is 0.0504. The smallest absolute Gasteiger partial charge is 0.242 e. The number of hydrogen-bond donors (Lipinski definition) is 3.